The smallest absolute Gasteiger partial charge is 0.364 e. The van der Waals surface area contributed by atoms with Crippen LogP contribution in [0, 0.1) is 11.3 Å². The van der Waals surface area contributed by atoms with Crippen LogP contribution in [0.5, 0.6) is 0 Å². The summed E-state index contributed by atoms with van der Waals surface area (Å²) in [5.74, 6) is 0.637. The SMILES string of the molecule is O=C(c1ccccc1-n1nccn1)N1CC2CC23CC(Nc2ccc(C(F)(F)F)nn2)C13. The van der Waals surface area contributed by atoms with Crippen LogP contribution in [0.25, 0.3) is 5.69 Å². The number of likely N-dealkylation sites (tertiary alicyclic amines) is 1. The Kier molecular flexibility index (Phi) is 3.90. The Morgan fingerprint density at radius 3 is 2.56 bits per heavy atom. The first kappa shape index (κ1) is 19.2. The molecule has 2 aliphatic carbocycles. The lowest BCUT2D eigenvalue weighted by Gasteiger charge is -2.48. The van der Waals surface area contributed by atoms with Gasteiger partial charge in [-0.3, -0.25) is 4.79 Å². The lowest BCUT2D eigenvalue weighted by molar-refractivity contribution is -0.141. The summed E-state index contributed by atoms with van der Waals surface area (Å²) in [5, 5.41) is 18.5. The minimum atomic E-state index is -4.53. The summed E-state index contributed by atoms with van der Waals surface area (Å²) in [7, 11) is 0. The van der Waals surface area contributed by atoms with Gasteiger partial charge in [-0.1, -0.05) is 12.1 Å². The van der Waals surface area contributed by atoms with Gasteiger partial charge in [-0.2, -0.15) is 28.2 Å². The Morgan fingerprint density at radius 2 is 1.84 bits per heavy atom. The van der Waals surface area contributed by atoms with Crippen LogP contribution in [0.1, 0.15) is 28.9 Å². The summed E-state index contributed by atoms with van der Waals surface area (Å²) in [6.45, 7) is 0.668. The molecule has 2 saturated carbocycles. The van der Waals surface area contributed by atoms with E-state index in [9.17, 15) is 18.0 Å². The molecule has 2 aromatic heterocycles. The van der Waals surface area contributed by atoms with Gasteiger partial charge >= 0.3 is 6.18 Å². The fourth-order valence-corrected chi connectivity index (χ4v) is 5.43. The van der Waals surface area contributed by atoms with Crippen LogP contribution in [0.3, 0.4) is 0 Å². The molecule has 4 unspecified atom stereocenters. The Bertz CT molecular complexity index is 1180. The van der Waals surface area contributed by atoms with Crippen LogP contribution in [0.4, 0.5) is 19.0 Å². The van der Waals surface area contributed by atoms with Gasteiger partial charge in [-0.05, 0) is 48.4 Å². The van der Waals surface area contributed by atoms with Crippen molar-refractivity contribution in [1.29, 1.82) is 0 Å². The molecule has 1 aliphatic heterocycles. The highest BCUT2D eigenvalue weighted by atomic mass is 19.4. The van der Waals surface area contributed by atoms with Crippen molar-refractivity contribution in [3.05, 3.63) is 60.0 Å². The molecule has 3 heterocycles. The first-order chi connectivity index (χ1) is 15.4. The number of alkyl halides is 3. The van der Waals surface area contributed by atoms with Gasteiger partial charge in [0.2, 0.25) is 0 Å². The number of hydrogen-bond donors (Lipinski definition) is 1. The number of hydrogen-bond acceptors (Lipinski definition) is 6. The molecule has 1 spiro atoms. The zero-order valence-electron chi connectivity index (χ0n) is 16.7. The second-order valence-corrected chi connectivity index (χ2v) is 8.63. The molecule has 1 saturated heterocycles. The van der Waals surface area contributed by atoms with E-state index in [-0.39, 0.29) is 29.2 Å². The third-order valence-corrected chi connectivity index (χ3v) is 6.92. The van der Waals surface area contributed by atoms with Gasteiger partial charge in [0.25, 0.3) is 5.91 Å². The third-order valence-electron chi connectivity index (χ3n) is 6.92. The number of carbonyl (C=O) groups excluding carboxylic acids is 1. The monoisotopic (exact) mass is 441 g/mol. The van der Waals surface area contributed by atoms with Crippen molar-refractivity contribution in [3.63, 3.8) is 0 Å². The van der Waals surface area contributed by atoms with Gasteiger partial charge < -0.3 is 10.2 Å². The van der Waals surface area contributed by atoms with Gasteiger partial charge in [0.05, 0.1) is 29.7 Å². The maximum atomic E-state index is 13.5. The van der Waals surface area contributed by atoms with Gasteiger partial charge in [0.15, 0.2) is 5.69 Å². The van der Waals surface area contributed by atoms with E-state index in [1.54, 1.807) is 30.6 Å². The van der Waals surface area contributed by atoms with Crippen molar-refractivity contribution >= 4 is 11.7 Å². The average Bonchev–Trinajstić information content (AvgIpc) is 3.14. The van der Waals surface area contributed by atoms with Crippen molar-refractivity contribution in [3.8, 4) is 5.69 Å². The van der Waals surface area contributed by atoms with E-state index in [2.05, 4.69) is 25.7 Å². The van der Waals surface area contributed by atoms with E-state index in [1.807, 2.05) is 11.0 Å². The van der Waals surface area contributed by atoms with E-state index >= 15 is 0 Å². The standard InChI is InChI=1S/C21H18F3N7O/c22-21(23,24)16-5-6-17(29-28-16)27-14-10-20-9-12(20)11-30(18(14)20)19(32)13-3-1-2-4-15(13)31-25-7-8-26-31/h1-8,12,14,18H,9-11H2,(H,27,29). The molecule has 3 fully saturated rings. The van der Waals surface area contributed by atoms with Crippen LogP contribution >= 0.6 is 0 Å². The molecule has 6 rings (SSSR count). The van der Waals surface area contributed by atoms with Crippen molar-refractivity contribution < 1.29 is 18.0 Å². The summed E-state index contributed by atoms with van der Waals surface area (Å²) >= 11 is 0. The molecule has 8 nitrogen and oxygen atoms in total. The lowest BCUT2D eigenvalue weighted by Crippen LogP contribution is -2.60. The number of piperidine rings is 1. The van der Waals surface area contributed by atoms with Crippen LogP contribution in [0.2, 0.25) is 0 Å². The zero-order valence-corrected chi connectivity index (χ0v) is 16.7. The first-order valence-corrected chi connectivity index (χ1v) is 10.3. The third kappa shape index (κ3) is 2.80. The molecule has 0 bridgehead atoms. The highest BCUT2D eigenvalue weighted by Gasteiger charge is 2.75. The summed E-state index contributed by atoms with van der Waals surface area (Å²) < 4.78 is 38.2. The first-order valence-electron chi connectivity index (χ1n) is 10.3. The number of rotatable bonds is 4. The Labute approximate surface area is 180 Å². The number of carbonyl (C=O) groups is 1. The minimum absolute atomic E-state index is 0.0391. The summed E-state index contributed by atoms with van der Waals surface area (Å²) in [5.41, 5.74) is 0.192. The maximum absolute atomic E-state index is 13.5. The highest BCUT2D eigenvalue weighted by molar-refractivity contribution is 5.98. The number of amides is 1. The van der Waals surface area contributed by atoms with Crippen LogP contribution in [0.15, 0.2) is 48.8 Å². The van der Waals surface area contributed by atoms with Gasteiger partial charge in [-0.15, -0.1) is 10.2 Å². The van der Waals surface area contributed by atoms with E-state index in [1.165, 1.54) is 10.9 Å². The molecule has 164 valence electrons. The van der Waals surface area contributed by atoms with Gasteiger partial charge in [0.1, 0.15) is 5.82 Å². The average molecular weight is 441 g/mol. The van der Waals surface area contributed by atoms with Crippen molar-refractivity contribution in [2.45, 2.75) is 31.1 Å². The van der Waals surface area contributed by atoms with Crippen molar-refractivity contribution in [1.82, 2.24) is 30.1 Å². The Morgan fingerprint density at radius 1 is 1.06 bits per heavy atom. The summed E-state index contributed by atoms with van der Waals surface area (Å²) in [6, 6.07) is 9.26. The molecular formula is C21H18F3N7O. The molecule has 0 radical (unpaired) electrons. The molecule has 3 aliphatic rings. The second kappa shape index (κ2) is 6.50. The van der Waals surface area contributed by atoms with E-state index in [0.717, 1.165) is 18.9 Å². The summed E-state index contributed by atoms with van der Waals surface area (Å²) in [4.78, 5) is 16.9. The van der Waals surface area contributed by atoms with Crippen LogP contribution in [-0.2, 0) is 6.18 Å². The molecule has 1 N–H and O–H groups in total. The lowest BCUT2D eigenvalue weighted by atomic mass is 9.71. The number of para-hydroxylation sites is 1. The fraction of sp³-hybridized carbons (Fsp3) is 0.381. The molecule has 3 aromatic rings. The maximum Gasteiger partial charge on any atom is 0.435 e. The van der Waals surface area contributed by atoms with Crippen LogP contribution in [-0.4, -0.2) is 54.6 Å². The van der Waals surface area contributed by atoms with Gasteiger partial charge in [-0.25, -0.2) is 0 Å². The van der Waals surface area contributed by atoms with E-state index < -0.39 is 11.9 Å². The second-order valence-electron chi connectivity index (χ2n) is 8.63. The number of benzene rings is 1. The predicted molar refractivity (Wildman–Crippen MR) is 106 cm³/mol. The van der Waals surface area contributed by atoms with Crippen LogP contribution < -0.4 is 5.32 Å². The number of nitrogens with zero attached hydrogens (tertiary/aromatic N) is 6. The molecule has 4 atom stereocenters. The zero-order chi connectivity index (χ0) is 22.1. The normalized spacial score (nSPS) is 28.0. The molecule has 1 amide bonds. The summed E-state index contributed by atoms with van der Waals surface area (Å²) in [6.07, 6.45) is 0.507. The number of aromatic nitrogens is 5. The quantitative estimate of drug-likeness (QED) is 0.670. The number of anilines is 1. The largest absolute Gasteiger partial charge is 0.435 e. The van der Waals surface area contributed by atoms with Crippen molar-refractivity contribution in [2.24, 2.45) is 11.3 Å². The minimum Gasteiger partial charge on any atom is -0.364 e. The Hall–Kier alpha value is -3.50. The fourth-order valence-electron chi connectivity index (χ4n) is 5.43. The van der Waals surface area contributed by atoms with Gasteiger partial charge in [0, 0.05) is 12.6 Å². The molecule has 11 heteroatoms. The molecule has 32 heavy (non-hydrogen) atoms. The van der Waals surface area contributed by atoms with E-state index in [0.29, 0.717) is 23.7 Å². The number of nitrogens with one attached hydrogen (secondary N) is 1. The van der Waals surface area contributed by atoms with Crippen molar-refractivity contribution in [2.75, 3.05) is 11.9 Å². The topological polar surface area (TPSA) is 88.8 Å². The van der Waals surface area contributed by atoms with E-state index in [4.69, 9.17) is 0 Å². The Balaban J connectivity index is 1.24. The predicted octanol–water partition coefficient (Wildman–Crippen LogP) is 2.79. The molecule has 1 aromatic carbocycles. The highest BCUT2D eigenvalue weighted by Crippen LogP contribution is 2.71. The molecular weight excluding hydrogens is 423 g/mol. The number of halogens is 3.